The molecule has 1 aromatic carbocycles. The molecule has 5 heteroatoms. The van der Waals surface area contributed by atoms with Gasteiger partial charge in [-0.25, -0.2) is 4.98 Å². The Morgan fingerprint density at radius 1 is 1.24 bits per heavy atom. The fourth-order valence-corrected chi connectivity index (χ4v) is 2.65. The van der Waals surface area contributed by atoms with Gasteiger partial charge in [-0.05, 0) is 24.5 Å². The predicted molar refractivity (Wildman–Crippen MR) is 90.9 cm³/mol. The lowest BCUT2D eigenvalue weighted by Gasteiger charge is -2.12. The smallest absolute Gasteiger partial charge is 0.131 e. The number of aryl methyl sites for hydroxylation is 1. The van der Waals surface area contributed by atoms with Crippen molar-refractivity contribution in [1.29, 1.82) is 0 Å². The number of halogens is 2. The van der Waals surface area contributed by atoms with E-state index in [9.17, 15) is 0 Å². The Balaban J connectivity index is 2.50. The molecule has 1 aromatic heterocycles. The first-order valence-corrected chi connectivity index (χ1v) is 7.99. The van der Waals surface area contributed by atoms with Gasteiger partial charge in [-0.15, -0.1) is 0 Å². The molecule has 0 spiro atoms. The maximum atomic E-state index is 6.33. The number of benzene rings is 1. The van der Waals surface area contributed by atoms with E-state index >= 15 is 0 Å². The van der Waals surface area contributed by atoms with Crippen molar-refractivity contribution in [2.75, 3.05) is 5.73 Å². The highest BCUT2D eigenvalue weighted by molar-refractivity contribution is 6.42. The molecule has 3 nitrogen and oxygen atoms in total. The molecule has 2 N–H and O–H groups in total. The molecule has 0 aliphatic heterocycles. The van der Waals surface area contributed by atoms with Crippen molar-refractivity contribution in [3.63, 3.8) is 0 Å². The highest BCUT2D eigenvalue weighted by Crippen LogP contribution is 2.32. The molecule has 0 bridgehead atoms. The van der Waals surface area contributed by atoms with Gasteiger partial charge in [0.2, 0.25) is 0 Å². The number of imidazole rings is 1. The Labute approximate surface area is 136 Å². The summed E-state index contributed by atoms with van der Waals surface area (Å²) in [6, 6.07) is 5.50. The summed E-state index contributed by atoms with van der Waals surface area (Å²) < 4.78 is 2.12. The van der Waals surface area contributed by atoms with E-state index in [2.05, 4.69) is 25.3 Å². The third-order valence-electron chi connectivity index (χ3n) is 3.30. The fourth-order valence-electron chi connectivity index (χ4n) is 2.35. The van der Waals surface area contributed by atoms with Crippen molar-refractivity contribution in [3.05, 3.63) is 34.1 Å². The van der Waals surface area contributed by atoms with E-state index in [1.54, 1.807) is 6.07 Å². The third kappa shape index (κ3) is 3.53. The molecule has 1 heterocycles. The van der Waals surface area contributed by atoms with Crippen molar-refractivity contribution in [2.45, 2.75) is 40.2 Å². The molecule has 0 amide bonds. The van der Waals surface area contributed by atoms with E-state index in [-0.39, 0.29) is 0 Å². The maximum Gasteiger partial charge on any atom is 0.131 e. The van der Waals surface area contributed by atoms with Crippen LogP contribution in [0.5, 0.6) is 0 Å². The monoisotopic (exact) mass is 325 g/mol. The molecule has 0 unspecified atom stereocenters. The second-order valence-corrected chi connectivity index (χ2v) is 6.46. The van der Waals surface area contributed by atoms with E-state index in [1.807, 2.05) is 12.1 Å². The van der Waals surface area contributed by atoms with E-state index < -0.39 is 0 Å². The van der Waals surface area contributed by atoms with Crippen molar-refractivity contribution in [3.8, 4) is 11.3 Å². The average molecular weight is 326 g/mol. The molecule has 114 valence electrons. The van der Waals surface area contributed by atoms with Crippen LogP contribution in [-0.4, -0.2) is 9.55 Å². The quantitative estimate of drug-likeness (QED) is 0.836. The predicted octanol–water partition coefficient (Wildman–Crippen LogP) is 5.05. The maximum absolute atomic E-state index is 6.33. The Morgan fingerprint density at radius 3 is 2.52 bits per heavy atom. The third-order valence-corrected chi connectivity index (χ3v) is 4.04. The molecule has 2 rings (SSSR count). The number of nitrogens with zero attached hydrogens (tertiary/aromatic N) is 2. The zero-order chi connectivity index (χ0) is 15.6. The average Bonchev–Trinajstić information content (AvgIpc) is 2.71. The number of nitrogens with two attached hydrogens (primary N) is 1. The minimum absolute atomic E-state index is 0.513. The van der Waals surface area contributed by atoms with Gasteiger partial charge in [0, 0.05) is 18.5 Å². The molecule has 21 heavy (non-hydrogen) atoms. The van der Waals surface area contributed by atoms with Crippen LogP contribution in [0.25, 0.3) is 11.3 Å². The van der Waals surface area contributed by atoms with Gasteiger partial charge in [0.15, 0.2) is 0 Å². The van der Waals surface area contributed by atoms with Crippen LogP contribution in [0.2, 0.25) is 10.0 Å². The van der Waals surface area contributed by atoms with Crippen LogP contribution in [-0.2, 0) is 13.0 Å². The summed E-state index contributed by atoms with van der Waals surface area (Å²) in [5.41, 5.74) is 8.02. The van der Waals surface area contributed by atoms with Gasteiger partial charge in [-0.3, -0.25) is 0 Å². The summed E-state index contributed by atoms with van der Waals surface area (Å²) in [6.07, 6.45) is 1.95. The Kier molecular flexibility index (Phi) is 5.17. The number of hydrogen-bond acceptors (Lipinski definition) is 2. The van der Waals surface area contributed by atoms with Crippen molar-refractivity contribution in [2.24, 2.45) is 5.92 Å². The van der Waals surface area contributed by atoms with Crippen LogP contribution in [0.1, 0.15) is 33.0 Å². The Bertz CT molecular complexity index is 633. The van der Waals surface area contributed by atoms with Crippen molar-refractivity contribution in [1.82, 2.24) is 9.55 Å². The van der Waals surface area contributed by atoms with Crippen molar-refractivity contribution >= 4 is 29.0 Å². The first-order valence-electron chi connectivity index (χ1n) is 7.24. The number of aromatic nitrogens is 2. The summed E-state index contributed by atoms with van der Waals surface area (Å²) in [7, 11) is 0. The standard InChI is InChI=1S/C16H21Cl2N3/c1-4-5-14-20-15(16(19)21(14)9-10(2)3)11-6-7-12(17)13(18)8-11/h6-8,10H,4-5,9,19H2,1-3H3. The molecule has 0 atom stereocenters. The van der Waals surface area contributed by atoms with E-state index in [0.29, 0.717) is 21.8 Å². The molecule has 0 aliphatic carbocycles. The largest absolute Gasteiger partial charge is 0.383 e. The summed E-state index contributed by atoms with van der Waals surface area (Å²) in [6.45, 7) is 7.36. The topological polar surface area (TPSA) is 43.8 Å². The van der Waals surface area contributed by atoms with E-state index in [0.717, 1.165) is 36.5 Å². The molecule has 0 aliphatic rings. The number of anilines is 1. The lowest BCUT2D eigenvalue weighted by molar-refractivity contribution is 0.510. The number of nitrogen functional groups attached to an aromatic ring is 1. The van der Waals surface area contributed by atoms with Gasteiger partial charge in [0.1, 0.15) is 17.3 Å². The first kappa shape index (κ1) is 16.2. The van der Waals surface area contributed by atoms with Crippen LogP contribution >= 0.6 is 23.2 Å². The summed E-state index contributed by atoms with van der Waals surface area (Å²) in [5.74, 6) is 2.24. The molecule has 0 saturated heterocycles. The first-order chi connectivity index (χ1) is 9.93. The summed E-state index contributed by atoms with van der Waals surface area (Å²) in [4.78, 5) is 4.73. The summed E-state index contributed by atoms with van der Waals surface area (Å²) in [5, 5.41) is 1.05. The van der Waals surface area contributed by atoms with Crippen LogP contribution in [0.4, 0.5) is 5.82 Å². The highest BCUT2D eigenvalue weighted by atomic mass is 35.5. The lowest BCUT2D eigenvalue weighted by Crippen LogP contribution is -2.11. The molecule has 2 aromatic rings. The Hall–Kier alpha value is -1.19. The van der Waals surface area contributed by atoms with Gasteiger partial charge in [0.05, 0.1) is 10.0 Å². The van der Waals surface area contributed by atoms with Crippen LogP contribution in [0.15, 0.2) is 18.2 Å². The van der Waals surface area contributed by atoms with Crippen LogP contribution in [0, 0.1) is 5.92 Å². The van der Waals surface area contributed by atoms with Gasteiger partial charge in [-0.1, -0.05) is 50.0 Å². The zero-order valence-corrected chi connectivity index (χ0v) is 14.2. The normalized spacial score (nSPS) is 11.3. The zero-order valence-electron chi connectivity index (χ0n) is 12.7. The van der Waals surface area contributed by atoms with Gasteiger partial charge >= 0.3 is 0 Å². The van der Waals surface area contributed by atoms with E-state index in [4.69, 9.17) is 33.9 Å². The lowest BCUT2D eigenvalue weighted by atomic mass is 10.1. The van der Waals surface area contributed by atoms with Crippen molar-refractivity contribution < 1.29 is 0 Å². The second kappa shape index (κ2) is 6.71. The second-order valence-electron chi connectivity index (χ2n) is 5.65. The Morgan fingerprint density at radius 2 is 1.95 bits per heavy atom. The summed E-state index contributed by atoms with van der Waals surface area (Å²) >= 11 is 12.1. The van der Waals surface area contributed by atoms with E-state index in [1.165, 1.54) is 0 Å². The van der Waals surface area contributed by atoms with Gasteiger partial charge < -0.3 is 10.3 Å². The number of rotatable bonds is 5. The molecular weight excluding hydrogens is 305 g/mol. The van der Waals surface area contributed by atoms with Crippen LogP contribution < -0.4 is 5.73 Å². The molecule has 0 saturated carbocycles. The minimum Gasteiger partial charge on any atom is -0.383 e. The highest BCUT2D eigenvalue weighted by Gasteiger charge is 2.17. The van der Waals surface area contributed by atoms with Gasteiger partial charge in [-0.2, -0.15) is 0 Å². The molecule has 0 radical (unpaired) electrons. The number of hydrogen-bond donors (Lipinski definition) is 1. The molecule has 0 fully saturated rings. The minimum atomic E-state index is 0.513. The van der Waals surface area contributed by atoms with Crippen LogP contribution in [0.3, 0.4) is 0 Å². The molecular formula is C16H21Cl2N3. The fraction of sp³-hybridized carbons (Fsp3) is 0.438. The SMILES string of the molecule is CCCc1nc(-c2ccc(Cl)c(Cl)c2)c(N)n1CC(C)C. The van der Waals surface area contributed by atoms with Gasteiger partial charge in [0.25, 0.3) is 0 Å².